The lowest BCUT2D eigenvalue weighted by atomic mass is 9.67. The van der Waals surface area contributed by atoms with Crippen LogP contribution in [0, 0.1) is 5.41 Å². The normalized spacial score (nSPS) is 22.7. The van der Waals surface area contributed by atoms with Gasteiger partial charge in [0.05, 0.1) is 0 Å². The molecule has 2 N–H and O–H groups in total. The second-order valence-electron chi connectivity index (χ2n) is 7.68. The van der Waals surface area contributed by atoms with Gasteiger partial charge in [0.25, 0.3) is 0 Å². The molecule has 0 spiro atoms. The van der Waals surface area contributed by atoms with E-state index in [4.69, 9.17) is 4.99 Å². The number of hydrogen-bond donors (Lipinski definition) is 2. The lowest BCUT2D eigenvalue weighted by Crippen LogP contribution is -2.41. The van der Waals surface area contributed by atoms with Crippen LogP contribution in [0.15, 0.2) is 4.99 Å². The van der Waals surface area contributed by atoms with Gasteiger partial charge in [0, 0.05) is 32.7 Å². The van der Waals surface area contributed by atoms with Gasteiger partial charge in [-0.15, -0.1) is 0 Å². The van der Waals surface area contributed by atoms with Crippen molar-refractivity contribution in [2.75, 3.05) is 59.4 Å². The summed E-state index contributed by atoms with van der Waals surface area (Å²) in [4.78, 5) is 9.91. The summed E-state index contributed by atoms with van der Waals surface area (Å²) in [5.41, 5.74) is 0.500. The molecule has 0 aromatic heterocycles. The van der Waals surface area contributed by atoms with Crippen molar-refractivity contribution in [3.05, 3.63) is 0 Å². The van der Waals surface area contributed by atoms with Gasteiger partial charge in [-0.05, 0) is 71.1 Å². The SMILES string of the molecule is CCNC(=NCC1(CC)CCC1)NCCCN1CCCN(C)CC1. The van der Waals surface area contributed by atoms with E-state index in [1.807, 2.05) is 0 Å². The van der Waals surface area contributed by atoms with Gasteiger partial charge in [0.15, 0.2) is 5.96 Å². The number of rotatable bonds is 8. The van der Waals surface area contributed by atoms with Crippen LogP contribution in [0.2, 0.25) is 0 Å². The first-order chi connectivity index (χ1) is 11.7. The van der Waals surface area contributed by atoms with E-state index in [2.05, 4.69) is 41.3 Å². The number of nitrogens with zero attached hydrogens (tertiary/aromatic N) is 3. The minimum Gasteiger partial charge on any atom is -0.357 e. The van der Waals surface area contributed by atoms with Crippen molar-refractivity contribution < 1.29 is 0 Å². The van der Waals surface area contributed by atoms with Gasteiger partial charge in [-0.1, -0.05) is 13.3 Å². The average Bonchev–Trinajstić information content (AvgIpc) is 2.75. The molecule has 0 radical (unpaired) electrons. The lowest BCUT2D eigenvalue weighted by molar-refractivity contribution is 0.139. The Morgan fingerprint density at radius 1 is 1.04 bits per heavy atom. The fourth-order valence-electron chi connectivity index (χ4n) is 3.72. The minimum absolute atomic E-state index is 0.500. The predicted molar refractivity (Wildman–Crippen MR) is 104 cm³/mol. The first-order valence-corrected chi connectivity index (χ1v) is 10.1. The van der Waals surface area contributed by atoms with Crippen molar-refractivity contribution in [1.82, 2.24) is 20.4 Å². The van der Waals surface area contributed by atoms with Gasteiger partial charge in [-0.3, -0.25) is 4.99 Å². The highest BCUT2D eigenvalue weighted by atomic mass is 15.2. The number of hydrogen-bond acceptors (Lipinski definition) is 3. The summed E-state index contributed by atoms with van der Waals surface area (Å²) in [5, 5.41) is 6.93. The highest BCUT2D eigenvalue weighted by Gasteiger charge is 2.34. The Morgan fingerprint density at radius 2 is 1.88 bits per heavy atom. The molecule has 1 saturated heterocycles. The van der Waals surface area contributed by atoms with Gasteiger partial charge >= 0.3 is 0 Å². The van der Waals surface area contributed by atoms with Crippen molar-refractivity contribution in [2.45, 2.75) is 52.4 Å². The molecule has 5 heteroatoms. The van der Waals surface area contributed by atoms with E-state index in [-0.39, 0.29) is 0 Å². The number of likely N-dealkylation sites (N-methyl/N-ethyl adjacent to an activating group) is 1. The van der Waals surface area contributed by atoms with Crippen LogP contribution in [0.5, 0.6) is 0 Å². The molecular weight excluding hydrogens is 298 g/mol. The Kier molecular flexibility index (Phi) is 8.33. The molecule has 2 rings (SSSR count). The van der Waals surface area contributed by atoms with E-state index in [0.717, 1.165) is 25.6 Å². The van der Waals surface area contributed by atoms with Crippen LogP contribution in [0.3, 0.4) is 0 Å². The molecule has 2 fully saturated rings. The van der Waals surface area contributed by atoms with Crippen LogP contribution in [-0.2, 0) is 0 Å². The summed E-state index contributed by atoms with van der Waals surface area (Å²) < 4.78 is 0. The fraction of sp³-hybridized carbons (Fsp3) is 0.947. The molecule has 0 unspecified atom stereocenters. The van der Waals surface area contributed by atoms with Crippen LogP contribution in [0.4, 0.5) is 0 Å². The zero-order valence-electron chi connectivity index (χ0n) is 16.2. The predicted octanol–water partition coefficient (Wildman–Crippen LogP) is 2.15. The van der Waals surface area contributed by atoms with Gasteiger partial charge in [-0.2, -0.15) is 0 Å². The monoisotopic (exact) mass is 337 g/mol. The molecule has 140 valence electrons. The summed E-state index contributed by atoms with van der Waals surface area (Å²) in [6.45, 7) is 13.5. The molecule has 1 aliphatic heterocycles. The summed E-state index contributed by atoms with van der Waals surface area (Å²) in [7, 11) is 2.23. The van der Waals surface area contributed by atoms with Crippen molar-refractivity contribution in [3.63, 3.8) is 0 Å². The molecule has 1 saturated carbocycles. The Balaban J connectivity index is 1.67. The van der Waals surface area contributed by atoms with Gasteiger partial charge in [-0.25, -0.2) is 0 Å². The van der Waals surface area contributed by atoms with E-state index < -0.39 is 0 Å². The Hall–Kier alpha value is -0.810. The highest BCUT2D eigenvalue weighted by molar-refractivity contribution is 5.79. The second-order valence-corrected chi connectivity index (χ2v) is 7.68. The third-order valence-electron chi connectivity index (χ3n) is 5.84. The van der Waals surface area contributed by atoms with E-state index in [1.54, 1.807) is 0 Å². The number of nitrogens with one attached hydrogen (secondary N) is 2. The summed E-state index contributed by atoms with van der Waals surface area (Å²) in [6.07, 6.45) is 7.85. The smallest absolute Gasteiger partial charge is 0.191 e. The third-order valence-corrected chi connectivity index (χ3v) is 5.84. The van der Waals surface area contributed by atoms with Crippen LogP contribution < -0.4 is 10.6 Å². The molecule has 5 nitrogen and oxygen atoms in total. The standard InChI is InChI=1S/C19H39N5/c1-4-19(9-6-10-19)17-22-18(20-5-2)21-11-7-13-24-14-8-12-23(3)15-16-24/h4-17H2,1-3H3,(H2,20,21,22). The maximum atomic E-state index is 4.86. The van der Waals surface area contributed by atoms with Gasteiger partial charge in [0.2, 0.25) is 0 Å². The molecule has 0 aromatic carbocycles. The second kappa shape index (κ2) is 10.2. The topological polar surface area (TPSA) is 42.9 Å². The molecule has 1 aliphatic carbocycles. The first-order valence-electron chi connectivity index (χ1n) is 10.1. The van der Waals surface area contributed by atoms with E-state index in [9.17, 15) is 0 Å². The van der Waals surface area contributed by atoms with Gasteiger partial charge < -0.3 is 20.4 Å². The Morgan fingerprint density at radius 3 is 2.54 bits per heavy atom. The Labute approximate surface area is 149 Å². The van der Waals surface area contributed by atoms with E-state index in [1.165, 1.54) is 71.2 Å². The zero-order valence-corrected chi connectivity index (χ0v) is 16.2. The first kappa shape index (κ1) is 19.5. The third kappa shape index (κ3) is 6.25. The van der Waals surface area contributed by atoms with Crippen molar-refractivity contribution >= 4 is 5.96 Å². The van der Waals surface area contributed by atoms with Crippen LogP contribution in [0.1, 0.15) is 52.4 Å². The zero-order chi connectivity index (χ0) is 17.3. The van der Waals surface area contributed by atoms with Crippen molar-refractivity contribution in [3.8, 4) is 0 Å². The van der Waals surface area contributed by atoms with Gasteiger partial charge in [0.1, 0.15) is 0 Å². The highest BCUT2D eigenvalue weighted by Crippen LogP contribution is 2.43. The molecule has 0 atom stereocenters. The number of aliphatic imine (C=N–C) groups is 1. The molecule has 0 aromatic rings. The maximum absolute atomic E-state index is 4.86. The minimum atomic E-state index is 0.500. The Bertz CT molecular complexity index is 372. The fourth-order valence-corrected chi connectivity index (χ4v) is 3.72. The molecule has 24 heavy (non-hydrogen) atoms. The molecule has 0 amide bonds. The average molecular weight is 338 g/mol. The molecular formula is C19H39N5. The largest absolute Gasteiger partial charge is 0.357 e. The molecule has 2 aliphatic rings. The maximum Gasteiger partial charge on any atom is 0.191 e. The van der Waals surface area contributed by atoms with Crippen molar-refractivity contribution in [2.24, 2.45) is 10.4 Å². The lowest BCUT2D eigenvalue weighted by Gasteiger charge is -2.40. The van der Waals surface area contributed by atoms with Crippen LogP contribution in [-0.4, -0.2) is 75.2 Å². The van der Waals surface area contributed by atoms with Crippen molar-refractivity contribution in [1.29, 1.82) is 0 Å². The van der Waals surface area contributed by atoms with E-state index >= 15 is 0 Å². The number of guanidine groups is 1. The summed E-state index contributed by atoms with van der Waals surface area (Å²) >= 11 is 0. The molecule has 1 heterocycles. The van der Waals surface area contributed by atoms with Crippen LogP contribution in [0.25, 0.3) is 0 Å². The quantitative estimate of drug-likeness (QED) is 0.405. The van der Waals surface area contributed by atoms with Crippen LogP contribution >= 0.6 is 0 Å². The summed E-state index contributed by atoms with van der Waals surface area (Å²) in [6, 6.07) is 0. The summed E-state index contributed by atoms with van der Waals surface area (Å²) in [5.74, 6) is 1.01. The van der Waals surface area contributed by atoms with E-state index in [0.29, 0.717) is 5.41 Å². The molecule has 0 bridgehead atoms.